The summed E-state index contributed by atoms with van der Waals surface area (Å²) in [5.74, 6) is 1.74. The summed E-state index contributed by atoms with van der Waals surface area (Å²) < 4.78 is 28.7. The first kappa shape index (κ1) is 17.5. The molecule has 0 aliphatic carbocycles. The van der Waals surface area contributed by atoms with Gasteiger partial charge in [-0.25, -0.2) is 8.42 Å². The van der Waals surface area contributed by atoms with Crippen LogP contribution >= 0.6 is 15.9 Å². The van der Waals surface area contributed by atoms with Crippen LogP contribution in [0.4, 0.5) is 0 Å². The van der Waals surface area contributed by atoms with Crippen molar-refractivity contribution in [2.75, 3.05) is 23.9 Å². The molecule has 114 valence electrons. The van der Waals surface area contributed by atoms with Crippen molar-refractivity contribution in [1.29, 1.82) is 0 Å². The number of halogens is 1. The van der Waals surface area contributed by atoms with Crippen LogP contribution in [0.3, 0.4) is 0 Å². The Kier molecular flexibility index (Phi) is 7.59. The van der Waals surface area contributed by atoms with Crippen LogP contribution in [0.1, 0.15) is 25.3 Å². The summed E-state index contributed by atoms with van der Waals surface area (Å²) in [4.78, 5) is 0. The molecule has 1 rings (SSSR count). The van der Waals surface area contributed by atoms with Crippen LogP contribution < -0.4 is 4.74 Å². The lowest BCUT2D eigenvalue weighted by Gasteiger charge is -2.14. The van der Waals surface area contributed by atoms with E-state index in [1.54, 1.807) is 7.11 Å². The Hall–Kier alpha value is -0.550. The van der Waals surface area contributed by atoms with Gasteiger partial charge in [-0.1, -0.05) is 35.0 Å². The number of benzene rings is 1. The largest absolute Gasteiger partial charge is 0.497 e. The first-order valence-corrected chi connectivity index (χ1v) is 9.84. The Morgan fingerprint density at radius 3 is 2.65 bits per heavy atom. The van der Waals surface area contributed by atoms with E-state index in [9.17, 15) is 8.42 Å². The predicted octanol–water partition coefficient (Wildman–Crippen LogP) is 3.46. The van der Waals surface area contributed by atoms with Crippen molar-refractivity contribution in [2.24, 2.45) is 5.92 Å². The maximum atomic E-state index is 11.8. The number of ether oxygens (including phenoxy) is 1. The van der Waals surface area contributed by atoms with E-state index in [2.05, 4.69) is 22.0 Å². The highest BCUT2D eigenvalue weighted by Gasteiger charge is 2.15. The number of hydrogen-bond donors (Lipinski definition) is 0. The SMILES string of the molecule is CCCS(=O)(=O)CCC(CBr)Cc1cccc(OC)c1. The molecular weight excluding hydrogens is 340 g/mol. The Labute approximate surface area is 130 Å². The zero-order valence-electron chi connectivity index (χ0n) is 12.1. The quantitative estimate of drug-likeness (QED) is 0.631. The molecule has 0 spiro atoms. The van der Waals surface area contributed by atoms with E-state index in [1.807, 2.05) is 25.1 Å². The Bertz CT molecular complexity index is 500. The van der Waals surface area contributed by atoms with E-state index in [0.29, 0.717) is 24.5 Å². The third-order valence-corrected chi connectivity index (χ3v) is 6.03. The fourth-order valence-electron chi connectivity index (χ4n) is 2.13. The highest BCUT2D eigenvalue weighted by molar-refractivity contribution is 9.09. The van der Waals surface area contributed by atoms with Crippen molar-refractivity contribution in [1.82, 2.24) is 0 Å². The summed E-state index contributed by atoms with van der Waals surface area (Å²) in [6.07, 6.45) is 2.26. The molecule has 0 aliphatic rings. The van der Waals surface area contributed by atoms with Gasteiger partial charge in [0.2, 0.25) is 0 Å². The number of hydrogen-bond acceptors (Lipinski definition) is 3. The fraction of sp³-hybridized carbons (Fsp3) is 0.600. The summed E-state index contributed by atoms with van der Waals surface area (Å²) in [5.41, 5.74) is 1.18. The third kappa shape index (κ3) is 6.27. The molecule has 20 heavy (non-hydrogen) atoms. The lowest BCUT2D eigenvalue weighted by Crippen LogP contribution is -2.16. The molecule has 1 atom stereocenters. The second kappa shape index (κ2) is 8.67. The summed E-state index contributed by atoms with van der Waals surface area (Å²) in [6, 6.07) is 7.94. The molecule has 3 nitrogen and oxygen atoms in total. The molecular formula is C15H23BrO3S. The molecule has 0 saturated carbocycles. The van der Waals surface area contributed by atoms with Crippen LogP contribution in [0.5, 0.6) is 5.75 Å². The van der Waals surface area contributed by atoms with Gasteiger partial charge in [0.05, 0.1) is 12.9 Å². The zero-order chi connectivity index (χ0) is 15.0. The fourth-order valence-corrected chi connectivity index (χ4v) is 4.20. The van der Waals surface area contributed by atoms with Gasteiger partial charge in [0.1, 0.15) is 15.6 Å². The molecule has 0 saturated heterocycles. The van der Waals surface area contributed by atoms with Crippen molar-refractivity contribution in [3.8, 4) is 5.75 Å². The molecule has 0 aliphatic heterocycles. The lowest BCUT2D eigenvalue weighted by molar-refractivity contribution is 0.413. The monoisotopic (exact) mass is 362 g/mol. The van der Waals surface area contributed by atoms with E-state index < -0.39 is 9.84 Å². The molecule has 1 aromatic carbocycles. The van der Waals surface area contributed by atoms with E-state index >= 15 is 0 Å². The van der Waals surface area contributed by atoms with Gasteiger partial charge in [0, 0.05) is 11.1 Å². The Balaban J connectivity index is 2.58. The standard InChI is InChI=1S/C15H23BrO3S/c1-3-8-20(17,18)9-7-14(12-16)10-13-5-4-6-15(11-13)19-2/h4-6,11,14H,3,7-10,12H2,1-2H3. The second-order valence-corrected chi connectivity index (χ2v) is 7.97. The molecule has 5 heteroatoms. The molecule has 0 N–H and O–H groups in total. The topological polar surface area (TPSA) is 43.4 Å². The lowest BCUT2D eigenvalue weighted by atomic mass is 9.99. The van der Waals surface area contributed by atoms with Gasteiger partial charge in [0.15, 0.2) is 0 Å². The maximum absolute atomic E-state index is 11.8. The zero-order valence-corrected chi connectivity index (χ0v) is 14.5. The molecule has 0 heterocycles. The van der Waals surface area contributed by atoms with Crippen molar-refractivity contribution in [3.63, 3.8) is 0 Å². The van der Waals surface area contributed by atoms with Crippen LogP contribution in [0, 0.1) is 5.92 Å². The van der Waals surface area contributed by atoms with Gasteiger partial charge >= 0.3 is 0 Å². The van der Waals surface area contributed by atoms with Crippen LogP contribution in [0.2, 0.25) is 0 Å². The third-order valence-electron chi connectivity index (χ3n) is 3.23. The number of alkyl halides is 1. The van der Waals surface area contributed by atoms with Gasteiger partial charge in [-0.3, -0.25) is 0 Å². The molecule has 0 amide bonds. The van der Waals surface area contributed by atoms with Gasteiger partial charge in [-0.2, -0.15) is 0 Å². The first-order chi connectivity index (χ1) is 9.50. The van der Waals surface area contributed by atoms with Crippen molar-refractivity contribution in [3.05, 3.63) is 29.8 Å². The Morgan fingerprint density at radius 1 is 1.30 bits per heavy atom. The number of methoxy groups -OCH3 is 1. The van der Waals surface area contributed by atoms with Gasteiger partial charge in [-0.05, 0) is 42.9 Å². The molecule has 0 aromatic heterocycles. The van der Waals surface area contributed by atoms with Crippen molar-refractivity contribution in [2.45, 2.75) is 26.2 Å². The smallest absolute Gasteiger partial charge is 0.150 e. The van der Waals surface area contributed by atoms with Crippen molar-refractivity contribution >= 4 is 25.8 Å². The summed E-state index contributed by atoms with van der Waals surface area (Å²) in [7, 11) is -1.24. The van der Waals surface area contributed by atoms with E-state index in [-0.39, 0.29) is 5.75 Å². The van der Waals surface area contributed by atoms with E-state index in [0.717, 1.165) is 17.5 Å². The average molecular weight is 363 g/mol. The molecule has 1 aromatic rings. The average Bonchev–Trinajstić information content (AvgIpc) is 2.43. The Morgan fingerprint density at radius 2 is 2.05 bits per heavy atom. The normalized spacial score (nSPS) is 13.2. The summed E-state index contributed by atoms with van der Waals surface area (Å²) in [5, 5.41) is 0.811. The van der Waals surface area contributed by atoms with Crippen LogP contribution in [0.25, 0.3) is 0 Å². The summed E-state index contributed by atoms with van der Waals surface area (Å²) in [6.45, 7) is 1.90. The summed E-state index contributed by atoms with van der Waals surface area (Å²) >= 11 is 3.49. The van der Waals surface area contributed by atoms with Gasteiger partial charge in [-0.15, -0.1) is 0 Å². The van der Waals surface area contributed by atoms with Crippen molar-refractivity contribution < 1.29 is 13.2 Å². The molecule has 0 fully saturated rings. The number of rotatable bonds is 9. The number of sulfone groups is 1. The second-order valence-electron chi connectivity index (χ2n) is 5.02. The molecule has 0 bridgehead atoms. The molecule has 0 radical (unpaired) electrons. The van der Waals surface area contributed by atoms with Crippen LogP contribution in [-0.2, 0) is 16.3 Å². The highest BCUT2D eigenvalue weighted by atomic mass is 79.9. The first-order valence-electron chi connectivity index (χ1n) is 6.90. The van der Waals surface area contributed by atoms with Crippen LogP contribution in [-0.4, -0.2) is 32.4 Å². The minimum Gasteiger partial charge on any atom is -0.497 e. The highest BCUT2D eigenvalue weighted by Crippen LogP contribution is 2.20. The van der Waals surface area contributed by atoms with Gasteiger partial charge in [0.25, 0.3) is 0 Å². The van der Waals surface area contributed by atoms with Gasteiger partial charge < -0.3 is 4.74 Å². The maximum Gasteiger partial charge on any atom is 0.150 e. The van der Waals surface area contributed by atoms with Crippen LogP contribution in [0.15, 0.2) is 24.3 Å². The minimum atomic E-state index is -2.89. The molecule has 1 unspecified atom stereocenters. The van der Waals surface area contributed by atoms with E-state index in [1.165, 1.54) is 5.56 Å². The predicted molar refractivity (Wildman–Crippen MR) is 87.5 cm³/mol. The van der Waals surface area contributed by atoms with E-state index in [4.69, 9.17) is 4.74 Å². The minimum absolute atomic E-state index is 0.279.